The number of rotatable bonds is 1. The van der Waals surface area contributed by atoms with E-state index < -0.39 is 12.0 Å². The summed E-state index contributed by atoms with van der Waals surface area (Å²) in [5.74, 6) is -1.33. The Morgan fingerprint density at radius 1 is 1.15 bits per heavy atom. The zero-order chi connectivity index (χ0) is 9.90. The molecule has 0 spiro atoms. The van der Waals surface area contributed by atoms with Gasteiger partial charge in [0.15, 0.2) is 0 Å². The monoisotopic (exact) mass is 188 g/mol. The van der Waals surface area contributed by atoms with Crippen LogP contribution in [-0.2, 0) is 0 Å². The van der Waals surface area contributed by atoms with Gasteiger partial charge in [-0.15, -0.1) is 0 Å². The molecule has 0 aliphatic rings. The number of benzene rings is 1. The van der Waals surface area contributed by atoms with Crippen LogP contribution in [0.15, 0.2) is 35.3 Å². The normalized spacial score (nSPS) is 13.0. The summed E-state index contributed by atoms with van der Waals surface area (Å²) in [6, 6.07) is 7.74. The highest BCUT2D eigenvalue weighted by Crippen LogP contribution is 2.18. The van der Waals surface area contributed by atoms with Crippen molar-refractivity contribution in [3.05, 3.63) is 30.3 Å². The molecule has 1 aromatic carbocycles. The fraction of sp³-hybridized carbons (Fsp3) is 0.125. The summed E-state index contributed by atoms with van der Waals surface area (Å²) in [6.45, 7) is 0. The predicted molar refractivity (Wildman–Crippen MR) is 43.8 cm³/mol. The molecule has 0 aliphatic heterocycles. The first-order valence-electron chi connectivity index (χ1n) is 3.46. The second kappa shape index (κ2) is 3.47. The van der Waals surface area contributed by atoms with Crippen LogP contribution in [0.2, 0.25) is 0 Å². The largest absolute Gasteiger partial charge is 0.448 e. The third-order valence-corrected chi connectivity index (χ3v) is 1.30. The molecule has 0 amide bonds. The van der Waals surface area contributed by atoms with Gasteiger partial charge in [0.2, 0.25) is 5.84 Å². The molecule has 0 bridgehead atoms. The van der Waals surface area contributed by atoms with Crippen molar-refractivity contribution in [2.45, 2.75) is 6.18 Å². The van der Waals surface area contributed by atoms with Crippen LogP contribution in [0.4, 0.5) is 18.9 Å². The number of alkyl halides is 3. The molecule has 0 saturated heterocycles. The Balaban J connectivity index is 2.90. The molecule has 0 saturated carbocycles. The lowest BCUT2D eigenvalue weighted by Crippen LogP contribution is -2.30. The fourth-order valence-electron chi connectivity index (χ4n) is 0.705. The Morgan fingerprint density at radius 3 is 2.15 bits per heavy atom. The van der Waals surface area contributed by atoms with E-state index in [1.807, 2.05) is 0 Å². The van der Waals surface area contributed by atoms with Gasteiger partial charge in [-0.25, -0.2) is 4.99 Å². The third kappa shape index (κ3) is 2.77. The Kier molecular flexibility index (Phi) is 2.55. The average molecular weight is 188 g/mol. The molecule has 0 atom stereocenters. The van der Waals surface area contributed by atoms with Crippen LogP contribution in [0.5, 0.6) is 0 Å². The van der Waals surface area contributed by atoms with E-state index in [1.54, 1.807) is 18.2 Å². The van der Waals surface area contributed by atoms with Crippen molar-refractivity contribution in [1.29, 1.82) is 0 Å². The number of para-hydroxylation sites is 1. The number of aliphatic imine (C=N–C) groups is 1. The highest BCUT2D eigenvalue weighted by atomic mass is 19.4. The second-order valence-electron chi connectivity index (χ2n) is 2.33. The van der Waals surface area contributed by atoms with E-state index in [0.29, 0.717) is 0 Å². The van der Waals surface area contributed by atoms with Crippen LogP contribution < -0.4 is 5.73 Å². The SMILES string of the molecule is NC(=Nc1ccccc1)C(F)(F)F. The Morgan fingerprint density at radius 2 is 1.69 bits per heavy atom. The van der Waals surface area contributed by atoms with Crippen LogP contribution in [0.3, 0.4) is 0 Å². The zero-order valence-corrected chi connectivity index (χ0v) is 6.55. The first-order chi connectivity index (χ1) is 6.00. The number of hydrogen-bond donors (Lipinski definition) is 1. The van der Waals surface area contributed by atoms with Gasteiger partial charge in [-0.05, 0) is 12.1 Å². The molecule has 0 aromatic heterocycles. The summed E-state index contributed by atoms with van der Waals surface area (Å²) in [5, 5.41) is 0. The van der Waals surface area contributed by atoms with Gasteiger partial charge < -0.3 is 5.73 Å². The lowest BCUT2D eigenvalue weighted by atomic mass is 10.3. The molecular formula is C8H7F3N2. The van der Waals surface area contributed by atoms with E-state index in [9.17, 15) is 13.2 Å². The van der Waals surface area contributed by atoms with Crippen LogP contribution in [0.25, 0.3) is 0 Å². The van der Waals surface area contributed by atoms with Crippen LogP contribution in [0.1, 0.15) is 0 Å². The molecule has 0 fully saturated rings. The number of halogens is 3. The van der Waals surface area contributed by atoms with Crippen LogP contribution in [-0.4, -0.2) is 12.0 Å². The lowest BCUT2D eigenvalue weighted by Gasteiger charge is -2.04. The fourth-order valence-corrected chi connectivity index (χ4v) is 0.705. The summed E-state index contributed by atoms with van der Waals surface area (Å²) in [4.78, 5) is 3.20. The molecular weight excluding hydrogens is 181 g/mol. The van der Waals surface area contributed by atoms with Crippen molar-refractivity contribution in [1.82, 2.24) is 0 Å². The van der Waals surface area contributed by atoms with E-state index in [2.05, 4.69) is 4.99 Å². The molecule has 2 N–H and O–H groups in total. The van der Waals surface area contributed by atoms with Crippen molar-refractivity contribution in [2.75, 3.05) is 0 Å². The maximum absolute atomic E-state index is 11.9. The number of amidine groups is 1. The first-order valence-corrected chi connectivity index (χ1v) is 3.46. The highest BCUT2D eigenvalue weighted by Gasteiger charge is 2.33. The average Bonchev–Trinajstić information content (AvgIpc) is 2.04. The smallest absolute Gasteiger partial charge is 0.380 e. The Hall–Kier alpha value is -1.52. The molecule has 0 radical (unpaired) electrons. The Bertz CT molecular complexity index is 303. The van der Waals surface area contributed by atoms with E-state index >= 15 is 0 Å². The highest BCUT2D eigenvalue weighted by molar-refractivity contribution is 5.88. The van der Waals surface area contributed by atoms with Gasteiger partial charge in [0, 0.05) is 0 Å². The predicted octanol–water partition coefficient (Wildman–Crippen LogP) is 2.24. The summed E-state index contributed by atoms with van der Waals surface area (Å²) in [5.41, 5.74) is 4.90. The summed E-state index contributed by atoms with van der Waals surface area (Å²) < 4.78 is 35.6. The number of hydrogen-bond acceptors (Lipinski definition) is 1. The third-order valence-electron chi connectivity index (χ3n) is 1.30. The molecule has 1 rings (SSSR count). The zero-order valence-electron chi connectivity index (χ0n) is 6.55. The van der Waals surface area contributed by atoms with E-state index in [1.165, 1.54) is 12.1 Å². The minimum Gasteiger partial charge on any atom is -0.380 e. The van der Waals surface area contributed by atoms with Crippen molar-refractivity contribution in [2.24, 2.45) is 10.7 Å². The lowest BCUT2D eigenvalue weighted by molar-refractivity contribution is -0.0597. The second-order valence-corrected chi connectivity index (χ2v) is 2.33. The minimum atomic E-state index is -4.56. The molecule has 0 aliphatic carbocycles. The topological polar surface area (TPSA) is 38.4 Å². The molecule has 2 nitrogen and oxygen atoms in total. The van der Waals surface area contributed by atoms with Gasteiger partial charge in [-0.1, -0.05) is 18.2 Å². The summed E-state index contributed by atoms with van der Waals surface area (Å²) >= 11 is 0. The molecule has 0 heterocycles. The van der Waals surface area contributed by atoms with Gasteiger partial charge in [0.25, 0.3) is 0 Å². The summed E-state index contributed by atoms with van der Waals surface area (Å²) in [7, 11) is 0. The molecule has 70 valence electrons. The quantitative estimate of drug-likeness (QED) is 0.532. The molecule has 0 unspecified atom stereocenters. The number of nitrogens with zero attached hydrogens (tertiary/aromatic N) is 1. The van der Waals surface area contributed by atoms with Gasteiger partial charge in [0.05, 0.1) is 5.69 Å². The Labute approximate surface area is 72.9 Å². The van der Waals surface area contributed by atoms with Crippen molar-refractivity contribution < 1.29 is 13.2 Å². The van der Waals surface area contributed by atoms with Gasteiger partial charge in [-0.2, -0.15) is 13.2 Å². The van der Waals surface area contributed by atoms with E-state index in [0.717, 1.165) is 0 Å². The minimum absolute atomic E-state index is 0.192. The summed E-state index contributed by atoms with van der Waals surface area (Å²) in [6.07, 6.45) is -4.56. The van der Waals surface area contributed by atoms with Gasteiger partial charge >= 0.3 is 6.18 Å². The molecule has 1 aromatic rings. The molecule has 5 heteroatoms. The standard InChI is InChI=1S/C8H7F3N2/c9-8(10,11)7(12)13-6-4-2-1-3-5-6/h1-5H,(H2,12,13). The molecule has 13 heavy (non-hydrogen) atoms. The van der Waals surface area contributed by atoms with Crippen LogP contribution >= 0.6 is 0 Å². The van der Waals surface area contributed by atoms with Crippen LogP contribution in [0, 0.1) is 0 Å². The number of nitrogens with two attached hydrogens (primary N) is 1. The van der Waals surface area contributed by atoms with Gasteiger partial charge in [0.1, 0.15) is 0 Å². The van der Waals surface area contributed by atoms with E-state index in [-0.39, 0.29) is 5.69 Å². The van der Waals surface area contributed by atoms with Crippen molar-refractivity contribution >= 4 is 11.5 Å². The maximum atomic E-state index is 11.9. The van der Waals surface area contributed by atoms with E-state index in [4.69, 9.17) is 5.73 Å². The maximum Gasteiger partial charge on any atom is 0.448 e. The van der Waals surface area contributed by atoms with Crippen molar-refractivity contribution in [3.8, 4) is 0 Å². The van der Waals surface area contributed by atoms with Gasteiger partial charge in [-0.3, -0.25) is 0 Å². The first kappa shape index (κ1) is 9.57. The van der Waals surface area contributed by atoms with Crippen molar-refractivity contribution in [3.63, 3.8) is 0 Å².